The second-order valence-corrected chi connectivity index (χ2v) is 5.53. The van der Waals surface area contributed by atoms with Crippen molar-refractivity contribution in [2.45, 2.75) is 33.6 Å². The number of carboxylic acids is 1. The Morgan fingerprint density at radius 1 is 1.12 bits per heavy atom. The molecule has 1 aromatic heterocycles. The molecule has 0 aliphatic carbocycles. The van der Waals surface area contributed by atoms with Crippen molar-refractivity contribution in [2.24, 2.45) is 0 Å². The maximum absolute atomic E-state index is 12.8. The first-order valence-corrected chi connectivity index (χ1v) is 7.94. The van der Waals surface area contributed by atoms with Gasteiger partial charge in [0.2, 0.25) is 11.7 Å². The molecule has 7 heteroatoms. The van der Waals surface area contributed by atoms with Gasteiger partial charge in [-0.25, -0.2) is 4.79 Å². The van der Waals surface area contributed by atoms with Crippen LogP contribution in [0.25, 0.3) is 11.4 Å². The van der Waals surface area contributed by atoms with Crippen LogP contribution >= 0.6 is 0 Å². The van der Waals surface area contributed by atoms with E-state index in [4.69, 9.17) is 4.52 Å². The summed E-state index contributed by atoms with van der Waals surface area (Å²) in [5.74, 6) is -0.661. The van der Waals surface area contributed by atoms with Crippen LogP contribution in [0.15, 0.2) is 22.7 Å². The smallest absolute Gasteiger partial charge is 0.335 e. The van der Waals surface area contributed by atoms with Crippen LogP contribution in [0.1, 0.15) is 53.3 Å². The monoisotopic (exact) mass is 331 g/mol. The quantitative estimate of drug-likeness (QED) is 0.837. The van der Waals surface area contributed by atoms with Gasteiger partial charge in [-0.05, 0) is 31.0 Å². The molecule has 0 aliphatic rings. The minimum atomic E-state index is -1.11. The Kier molecular flexibility index (Phi) is 5.68. The van der Waals surface area contributed by atoms with Crippen LogP contribution in [0.5, 0.6) is 0 Å². The number of nitrogens with zero attached hydrogens (tertiary/aromatic N) is 3. The van der Waals surface area contributed by atoms with Crippen molar-refractivity contribution in [3.63, 3.8) is 0 Å². The van der Waals surface area contributed by atoms with Gasteiger partial charge in [0.15, 0.2) is 0 Å². The molecule has 0 fully saturated rings. The Morgan fingerprint density at radius 3 is 2.25 bits per heavy atom. The van der Waals surface area contributed by atoms with Crippen LogP contribution in [-0.4, -0.2) is 45.1 Å². The molecule has 0 radical (unpaired) electrons. The molecular formula is C17H21N3O4. The molecule has 0 spiro atoms. The second-order valence-electron chi connectivity index (χ2n) is 5.53. The summed E-state index contributed by atoms with van der Waals surface area (Å²) in [6.07, 6.45) is 1.67. The van der Waals surface area contributed by atoms with Crippen molar-refractivity contribution in [1.29, 1.82) is 0 Å². The first kappa shape index (κ1) is 17.7. The molecule has 128 valence electrons. The predicted molar refractivity (Wildman–Crippen MR) is 87.9 cm³/mol. The summed E-state index contributed by atoms with van der Waals surface area (Å²) < 4.78 is 4.94. The van der Waals surface area contributed by atoms with E-state index in [1.165, 1.54) is 12.1 Å². The molecule has 24 heavy (non-hydrogen) atoms. The molecule has 1 N–H and O–H groups in total. The second kappa shape index (κ2) is 7.72. The first-order valence-electron chi connectivity index (χ1n) is 7.94. The highest BCUT2D eigenvalue weighted by atomic mass is 16.5. The topological polar surface area (TPSA) is 96.5 Å². The number of amides is 1. The van der Waals surface area contributed by atoms with Crippen molar-refractivity contribution >= 4 is 11.9 Å². The average molecular weight is 331 g/mol. The summed E-state index contributed by atoms with van der Waals surface area (Å²) in [5, 5.41) is 13.1. The lowest BCUT2D eigenvalue weighted by Gasteiger charge is -2.22. The molecule has 7 nitrogen and oxygen atoms in total. The van der Waals surface area contributed by atoms with Gasteiger partial charge >= 0.3 is 5.97 Å². The Balaban J connectivity index is 2.46. The van der Waals surface area contributed by atoms with E-state index in [9.17, 15) is 14.7 Å². The maximum atomic E-state index is 12.8. The zero-order valence-electron chi connectivity index (χ0n) is 14.1. The Labute approximate surface area is 140 Å². The largest absolute Gasteiger partial charge is 0.478 e. The molecule has 1 heterocycles. The Hall–Kier alpha value is -2.70. The number of carboxylic acid groups (broad SMARTS) is 1. The fourth-order valence-electron chi connectivity index (χ4n) is 2.46. The summed E-state index contributed by atoms with van der Waals surface area (Å²) in [6, 6.07) is 4.43. The van der Waals surface area contributed by atoms with Crippen LogP contribution in [0.4, 0.5) is 0 Å². The number of carbonyl (C=O) groups is 2. The Bertz CT molecular complexity index is 733. The van der Waals surface area contributed by atoms with E-state index < -0.39 is 5.97 Å². The van der Waals surface area contributed by atoms with Crippen LogP contribution in [0.3, 0.4) is 0 Å². The van der Waals surface area contributed by atoms with Gasteiger partial charge in [0.1, 0.15) is 0 Å². The van der Waals surface area contributed by atoms with Crippen LogP contribution in [0.2, 0.25) is 0 Å². The minimum absolute atomic E-state index is 0.0197. The number of benzene rings is 1. The fraction of sp³-hybridized carbons (Fsp3) is 0.412. The summed E-state index contributed by atoms with van der Waals surface area (Å²) in [5.41, 5.74) is 0.781. The highest BCUT2D eigenvalue weighted by Gasteiger charge is 2.19. The van der Waals surface area contributed by atoms with Crippen molar-refractivity contribution in [2.75, 3.05) is 13.1 Å². The lowest BCUT2D eigenvalue weighted by molar-refractivity contribution is 0.0697. The van der Waals surface area contributed by atoms with Crippen molar-refractivity contribution in [3.05, 3.63) is 35.2 Å². The number of aromatic carboxylic acids is 1. The zero-order valence-corrected chi connectivity index (χ0v) is 14.1. The van der Waals surface area contributed by atoms with Crippen LogP contribution in [0, 0.1) is 6.92 Å². The molecule has 1 aromatic carbocycles. The van der Waals surface area contributed by atoms with Gasteiger partial charge in [-0.3, -0.25) is 4.79 Å². The van der Waals surface area contributed by atoms with E-state index in [1.54, 1.807) is 17.9 Å². The van der Waals surface area contributed by atoms with E-state index >= 15 is 0 Å². The normalized spacial score (nSPS) is 10.6. The average Bonchev–Trinajstić information content (AvgIpc) is 3.00. The van der Waals surface area contributed by atoms with Gasteiger partial charge in [0, 0.05) is 31.1 Å². The molecule has 1 amide bonds. The molecule has 0 aliphatic heterocycles. The van der Waals surface area contributed by atoms with E-state index in [-0.39, 0.29) is 17.3 Å². The number of carbonyl (C=O) groups excluding carboxylic acids is 1. The molecule has 0 bridgehead atoms. The molecule has 2 rings (SSSR count). The highest BCUT2D eigenvalue weighted by Crippen LogP contribution is 2.21. The fourth-order valence-corrected chi connectivity index (χ4v) is 2.46. The number of hydrogen-bond donors (Lipinski definition) is 1. The van der Waals surface area contributed by atoms with Gasteiger partial charge in [-0.1, -0.05) is 19.0 Å². The van der Waals surface area contributed by atoms with Crippen LogP contribution < -0.4 is 0 Å². The third-order valence-electron chi connectivity index (χ3n) is 3.49. The Morgan fingerprint density at radius 2 is 1.75 bits per heavy atom. The standard InChI is InChI=1S/C17H21N3O4/c1-4-6-20(7-5-2)16(21)13-8-12(9-14(10-13)17(22)23)15-18-11(3)24-19-15/h8-10H,4-7H2,1-3H3,(H,22,23). The number of aryl methyl sites for hydroxylation is 1. The predicted octanol–water partition coefficient (Wildman–Crippen LogP) is 3.01. The first-order chi connectivity index (χ1) is 11.5. The van der Waals surface area contributed by atoms with Gasteiger partial charge in [0.25, 0.3) is 5.91 Å². The van der Waals surface area contributed by atoms with Crippen molar-refractivity contribution in [3.8, 4) is 11.4 Å². The van der Waals surface area contributed by atoms with Crippen LogP contribution in [-0.2, 0) is 0 Å². The number of hydrogen-bond acceptors (Lipinski definition) is 5. The molecule has 2 aromatic rings. The number of aromatic nitrogens is 2. The summed E-state index contributed by atoms with van der Waals surface area (Å²) in [7, 11) is 0. The van der Waals surface area contributed by atoms with E-state index in [0.29, 0.717) is 30.1 Å². The maximum Gasteiger partial charge on any atom is 0.335 e. The van der Waals surface area contributed by atoms with E-state index in [1.807, 2.05) is 13.8 Å². The van der Waals surface area contributed by atoms with Crippen molar-refractivity contribution in [1.82, 2.24) is 15.0 Å². The van der Waals surface area contributed by atoms with Gasteiger partial charge in [-0.2, -0.15) is 4.98 Å². The summed E-state index contributed by atoms with van der Waals surface area (Å²) in [4.78, 5) is 30.0. The molecule has 0 saturated heterocycles. The third-order valence-corrected chi connectivity index (χ3v) is 3.49. The number of rotatable bonds is 7. The van der Waals surface area contributed by atoms with Crippen molar-refractivity contribution < 1.29 is 19.2 Å². The van der Waals surface area contributed by atoms with E-state index in [2.05, 4.69) is 10.1 Å². The summed E-state index contributed by atoms with van der Waals surface area (Å²) in [6.45, 7) is 6.89. The molecular weight excluding hydrogens is 310 g/mol. The van der Waals surface area contributed by atoms with Gasteiger partial charge in [-0.15, -0.1) is 0 Å². The van der Waals surface area contributed by atoms with Gasteiger partial charge in [0.05, 0.1) is 5.56 Å². The highest BCUT2D eigenvalue weighted by molar-refractivity contribution is 5.99. The van der Waals surface area contributed by atoms with Gasteiger partial charge < -0.3 is 14.5 Å². The zero-order chi connectivity index (χ0) is 17.7. The van der Waals surface area contributed by atoms with E-state index in [0.717, 1.165) is 12.8 Å². The lowest BCUT2D eigenvalue weighted by Crippen LogP contribution is -2.32. The third kappa shape index (κ3) is 3.98. The molecule has 0 saturated carbocycles. The molecule has 0 atom stereocenters. The lowest BCUT2D eigenvalue weighted by atomic mass is 10.0. The molecule has 0 unspecified atom stereocenters. The minimum Gasteiger partial charge on any atom is -0.478 e. The summed E-state index contributed by atoms with van der Waals surface area (Å²) >= 11 is 0. The SMILES string of the molecule is CCCN(CCC)C(=O)c1cc(C(=O)O)cc(-c2noc(C)n2)c1.